The van der Waals surface area contributed by atoms with E-state index in [1.54, 1.807) is 30.3 Å². The molecule has 5 heteroatoms. The molecule has 88 valence electrons. The van der Waals surface area contributed by atoms with Crippen LogP contribution in [-0.4, -0.2) is 13.4 Å². The van der Waals surface area contributed by atoms with Crippen LogP contribution in [0.2, 0.25) is 0 Å². The van der Waals surface area contributed by atoms with Crippen molar-refractivity contribution < 1.29 is 8.42 Å². The number of nitrogen functional groups attached to an aromatic ring is 1. The van der Waals surface area contributed by atoms with Crippen molar-refractivity contribution in [1.82, 2.24) is 4.98 Å². The fourth-order valence-electron chi connectivity index (χ4n) is 1.41. The van der Waals surface area contributed by atoms with Crippen LogP contribution in [0.5, 0.6) is 0 Å². The molecule has 4 nitrogen and oxygen atoms in total. The summed E-state index contributed by atoms with van der Waals surface area (Å²) in [5, 5.41) is -0.0265. The second-order valence-corrected chi connectivity index (χ2v) is 5.64. The number of aromatic nitrogens is 1. The van der Waals surface area contributed by atoms with Crippen molar-refractivity contribution in [1.29, 1.82) is 0 Å². The minimum atomic E-state index is -3.57. The predicted molar refractivity (Wildman–Crippen MR) is 65.3 cm³/mol. The Morgan fingerprint density at radius 1 is 1.12 bits per heavy atom. The number of anilines is 1. The molecular formula is C12H12N2O2S. The molecule has 0 aliphatic rings. The van der Waals surface area contributed by atoms with Crippen LogP contribution < -0.4 is 5.73 Å². The third-order valence-corrected chi connectivity index (χ3v) is 4.03. The van der Waals surface area contributed by atoms with Crippen molar-refractivity contribution in [3.8, 4) is 0 Å². The van der Waals surface area contributed by atoms with Crippen LogP contribution in [0, 0.1) is 6.92 Å². The van der Waals surface area contributed by atoms with Gasteiger partial charge in [0.25, 0.3) is 0 Å². The lowest BCUT2D eigenvalue weighted by atomic mass is 10.2. The second kappa shape index (κ2) is 4.18. The summed E-state index contributed by atoms with van der Waals surface area (Å²) in [6.45, 7) is 1.90. The third kappa shape index (κ3) is 2.29. The normalized spacial score (nSPS) is 11.4. The Morgan fingerprint density at radius 3 is 2.35 bits per heavy atom. The van der Waals surface area contributed by atoms with Crippen LogP contribution in [0.4, 0.5) is 5.69 Å². The minimum Gasteiger partial charge on any atom is -0.399 e. The molecule has 0 bridgehead atoms. The summed E-state index contributed by atoms with van der Waals surface area (Å²) in [6, 6.07) is 9.53. The van der Waals surface area contributed by atoms with Gasteiger partial charge in [-0.15, -0.1) is 0 Å². The molecule has 0 atom stereocenters. The average Bonchev–Trinajstić information content (AvgIpc) is 2.29. The number of pyridine rings is 1. The first-order valence-corrected chi connectivity index (χ1v) is 6.52. The maximum absolute atomic E-state index is 12.2. The highest BCUT2D eigenvalue weighted by Crippen LogP contribution is 2.20. The molecule has 1 aromatic heterocycles. The van der Waals surface area contributed by atoms with Gasteiger partial charge in [-0.05, 0) is 31.2 Å². The maximum atomic E-state index is 12.2. The van der Waals surface area contributed by atoms with E-state index in [4.69, 9.17) is 5.73 Å². The van der Waals surface area contributed by atoms with Gasteiger partial charge < -0.3 is 5.73 Å². The Bertz CT molecular complexity index is 634. The number of nitrogens with two attached hydrogens (primary N) is 1. The highest BCUT2D eigenvalue weighted by molar-refractivity contribution is 7.91. The first-order valence-electron chi connectivity index (χ1n) is 5.03. The van der Waals surface area contributed by atoms with E-state index < -0.39 is 9.84 Å². The zero-order valence-electron chi connectivity index (χ0n) is 9.29. The van der Waals surface area contributed by atoms with Gasteiger partial charge in [0, 0.05) is 11.9 Å². The molecule has 1 aromatic carbocycles. The molecule has 1 heterocycles. The van der Waals surface area contributed by atoms with Crippen molar-refractivity contribution in [3.63, 3.8) is 0 Å². The minimum absolute atomic E-state index is 0.0265. The highest BCUT2D eigenvalue weighted by atomic mass is 32.2. The van der Waals surface area contributed by atoms with Crippen LogP contribution >= 0.6 is 0 Å². The van der Waals surface area contributed by atoms with E-state index in [2.05, 4.69) is 4.98 Å². The molecule has 2 N–H and O–H groups in total. The van der Waals surface area contributed by atoms with E-state index in [1.807, 2.05) is 6.92 Å². The van der Waals surface area contributed by atoms with Gasteiger partial charge in [-0.3, -0.25) is 0 Å². The fraction of sp³-hybridized carbons (Fsp3) is 0.0833. The number of hydrogen-bond donors (Lipinski definition) is 1. The number of rotatable bonds is 2. The van der Waals surface area contributed by atoms with Gasteiger partial charge in [0.15, 0.2) is 5.03 Å². The van der Waals surface area contributed by atoms with Gasteiger partial charge >= 0.3 is 0 Å². The number of aryl methyl sites for hydroxylation is 1. The van der Waals surface area contributed by atoms with E-state index in [0.717, 1.165) is 5.56 Å². The Kier molecular flexibility index (Phi) is 2.85. The highest BCUT2D eigenvalue weighted by Gasteiger charge is 2.18. The number of benzene rings is 1. The predicted octanol–water partition coefficient (Wildman–Crippen LogP) is 1.81. The van der Waals surface area contributed by atoms with Gasteiger partial charge in [0.05, 0.1) is 4.90 Å². The van der Waals surface area contributed by atoms with Crippen LogP contribution in [0.1, 0.15) is 5.56 Å². The monoisotopic (exact) mass is 248 g/mol. The van der Waals surface area contributed by atoms with Crippen molar-refractivity contribution in [2.24, 2.45) is 0 Å². The van der Waals surface area contributed by atoms with Crippen LogP contribution in [0.3, 0.4) is 0 Å². The molecule has 17 heavy (non-hydrogen) atoms. The molecular weight excluding hydrogens is 236 g/mol. The van der Waals surface area contributed by atoms with E-state index >= 15 is 0 Å². The molecule has 0 unspecified atom stereocenters. The van der Waals surface area contributed by atoms with E-state index in [-0.39, 0.29) is 9.92 Å². The second-order valence-electron chi connectivity index (χ2n) is 3.74. The van der Waals surface area contributed by atoms with E-state index in [1.165, 1.54) is 12.3 Å². The van der Waals surface area contributed by atoms with Gasteiger partial charge in [-0.1, -0.05) is 17.7 Å². The summed E-state index contributed by atoms with van der Waals surface area (Å²) in [4.78, 5) is 4.07. The molecule has 0 amide bonds. The van der Waals surface area contributed by atoms with Gasteiger partial charge in [-0.2, -0.15) is 0 Å². The van der Waals surface area contributed by atoms with Crippen molar-refractivity contribution in [3.05, 3.63) is 48.2 Å². The summed E-state index contributed by atoms with van der Waals surface area (Å²) in [5.41, 5.74) is 6.94. The third-order valence-electron chi connectivity index (χ3n) is 2.37. The van der Waals surface area contributed by atoms with Gasteiger partial charge in [0.2, 0.25) is 9.84 Å². The lowest BCUT2D eigenvalue weighted by Gasteiger charge is -2.04. The van der Waals surface area contributed by atoms with Crippen LogP contribution in [-0.2, 0) is 9.84 Å². The Labute approximate surface area is 100 Å². The number of nitrogens with zero attached hydrogens (tertiary/aromatic N) is 1. The molecule has 0 saturated carbocycles. The van der Waals surface area contributed by atoms with E-state index in [9.17, 15) is 8.42 Å². The summed E-state index contributed by atoms with van der Waals surface area (Å²) >= 11 is 0. The average molecular weight is 248 g/mol. The smallest absolute Gasteiger partial charge is 0.223 e. The Balaban J connectivity index is 2.54. The Morgan fingerprint density at radius 2 is 1.76 bits per heavy atom. The van der Waals surface area contributed by atoms with E-state index in [0.29, 0.717) is 5.69 Å². The zero-order valence-corrected chi connectivity index (χ0v) is 10.1. The van der Waals surface area contributed by atoms with Crippen molar-refractivity contribution in [2.75, 3.05) is 5.73 Å². The zero-order chi connectivity index (χ0) is 12.5. The molecule has 0 radical (unpaired) electrons. The molecule has 0 saturated heterocycles. The molecule has 2 aromatic rings. The maximum Gasteiger partial charge on any atom is 0.223 e. The summed E-state index contributed by atoms with van der Waals surface area (Å²) in [5.74, 6) is 0. The first kappa shape index (κ1) is 11.6. The molecule has 0 aliphatic heterocycles. The van der Waals surface area contributed by atoms with Crippen LogP contribution in [0.15, 0.2) is 52.5 Å². The van der Waals surface area contributed by atoms with Crippen molar-refractivity contribution >= 4 is 15.5 Å². The molecule has 0 aliphatic carbocycles. The summed E-state index contributed by atoms with van der Waals surface area (Å²) in [6.07, 6.45) is 1.39. The largest absolute Gasteiger partial charge is 0.399 e. The molecule has 0 spiro atoms. The quantitative estimate of drug-likeness (QED) is 0.879. The number of sulfone groups is 1. The molecule has 2 rings (SSSR count). The van der Waals surface area contributed by atoms with Crippen molar-refractivity contribution in [2.45, 2.75) is 16.8 Å². The topological polar surface area (TPSA) is 73.0 Å². The van der Waals surface area contributed by atoms with Crippen LogP contribution in [0.25, 0.3) is 0 Å². The lowest BCUT2D eigenvalue weighted by Crippen LogP contribution is -2.05. The summed E-state index contributed by atoms with van der Waals surface area (Å²) < 4.78 is 24.4. The molecule has 0 fully saturated rings. The summed E-state index contributed by atoms with van der Waals surface area (Å²) in [7, 11) is -3.57. The van der Waals surface area contributed by atoms with Gasteiger partial charge in [-0.25, -0.2) is 13.4 Å². The SMILES string of the molecule is Cc1ccc(S(=O)(=O)c2cc(N)ccn2)cc1. The first-order chi connectivity index (χ1) is 8.00. The van der Waals surface area contributed by atoms with Gasteiger partial charge in [0.1, 0.15) is 0 Å². The Hall–Kier alpha value is -1.88. The lowest BCUT2D eigenvalue weighted by molar-refractivity contribution is 0.592. The fourth-order valence-corrected chi connectivity index (χ4v) is 2.64. The number of hydrogen-bond acceptors (Lipinski definition) is 4. The standard InChI is InChI=1S/C12H12N2O2S/c1-9-2-4-11(5-3-9)17(15,16)12-8-10(13)6-7-14-12/h2-8H,1H3,(H2,13,14).